The molecule has 1 unspecified atom stereocenters. The molecule has 0 aliphatic heterocycles. The van der Waals surface area contributed by atoms with Crippen LogP contribution in [0.1, 0.15) is 31.1 Å². The van der Waals surface area contributed by atoms with Gasteiger partial charge in [0.05, 0.1) is 16.1 Å². The van der Waals surface area contributed by atoms with Gasteiger partial charge in [-0.2, -0.15) is 0 Å². The summed E-state index contributed by atoms with van der Waals surface area (Å²) >= 11 is 0. The summed E-state index contributed by atoms with van der Waals surface area (Å²) in [6.45, 7) is 5.50. The van der Waals surface area contributed by atoms with Gasteiger partial charge in [0.1, 0.15) is 11.0 Å². The molecule has 0 saturated heterocycles. The summed E-state index contributed by atoms with van der Waals surface area (Å²) in [5, 5.41) is 8.09. The smallest absolute Gasteiger partial charge is 0.257 e. The van der Waals surface area contributed by atoms with Crippen LogP contribution in [0.2, 0.25) is 0 Å². The lowest BCUT2D eigenvalue weighted by Gasteiger charge is -2.17. The first-order valence-electron chi connectivity index (χ1n) is 10.5. The van der Waals surface area contributed by atoms with Crippen molar-refractivity contribution in [3.8, 4) is 0 Å². The molecule has 3 amide bonds. The zero-order valence-corrected chi connectivity index (χ0v) is 19.9. The summed E-state index contributed by atoms with van der Waals surface area (Å²) in [6.07, 6.45) is 0.507. The quantitative estimate of drug-likeness (QED) is 0.353. The van der Waals surface area contributed by atoms with Crippen LogP contribution in [0.4, 0.5) is 22.7 Å². The van der Waals surface area contributed by atoms with Gasteiger partial charge in [-0.3, -0.25) is 14.4 Å². The molecule has 3 rings (SSSR count). The molecule has 0 bridgehead atoms. The number of amides is 3. The lowest BCUT2D eigenvalue weighted by atomic mass is 9.95. The molecule has 0 spiro atoms. The molecule has 4 N–H and O–H groups in total. The van der Waals surface area contributed by atoms with E-state index >= 15 is 0 Å². The lowest BCUT2D eigenvalue weighted by molar-refractivity contribution is -0.123. The molecule has 34 heavy (non-hydrogen) atoms. The third-order valence-corrected chi connectivity index (χ3v) is 5.83. The minimum Gasteiger partial charge on any atom is -0.328 e. The molecule has 0 aliphatic rings. The summed E-state index contributed by atoms with van der Waals surface area (Å²) < 4.78 is 15.7. The van der Waals surface area contributed by atoms with E-state index in [4.69, 9.17) is 0 Å². The molecule has 9 heteroatoms. The molecule has 0 heterocycles. The standard InChI is InChI=1S/C25H26N4O4S/c1-25(2,3)24(32)28-17-11-13-18(14-12-17)29-34(33)20-8-6-7-19(15-20)27-23(31)21-9-4-5-10-22(21)26-16-30/h4-16,29H,1-3H3,(H,26,30)(H,27,31)(H,28,32). The number of nitrogens with one attached hydrogen (secondary N) is 4. The summed E-state index contributed by atoms with van der Waals surface area (Å²) in [5.41, 5.74) is 1.89. The SMILES string of the molecule is CC(C)(C)C(=O)Nc1ccc(NS(=O)c2cccc(NC(=O)c3ccccc3NC=O)c2)cc1. The van der Waals surface area contributed by atoms with E-state index in [-0.39, 0.29) is 5.91 Å². The van der Waals surface area contributed by atoms with Gasteiger partial charge in [0, 0.05) is 22.5 Å². The van der Waals surface area contributed by atoms with Crippen LogP contribution in [0.3, 0.4) is 0 Å². The van der Waals surface area contributed by atoms with E-state index in [0.29, 0.717) is 39.6 Å². The molecular formula is C25H26N4O4S. The van der Waals surface area contributed by atoms with E-state index in [0.717, 1.165) is 0 Å². The minimum atomic E-state index is -1.59. The van der Waals surface area contributed by atoms with Crippen molar-refractivity contribution in [3.63, 3.8) is 0 Å². The van der Waals surface area contributed by atoms with E-state index in [1.54, 1.807) is 72.8 Å². The van der Waals surface area contributed by atoms with Crippen LogP contribution in [0.15, 0.2) is 77.7 Å². The molecule has 0 aliphatic carbocycles. The Labute approximate surface area is 200 Å². The highest BCUT2D eigenvalue weighted by molar-refractivity contribution is 7.86. The molecule has 0 saturated carbocycles. The monoisotopic (exact) mass is 478 g/mol. The van der Waals surface area contributed by atoms with Crippen molar-refractivity contribution in [2.45, 2.75) is 25.7 Å². The minimum absolute atomic E-state index is 0.0970. The van der Waals surface area contributed by atoms with Crippen molar-refractivity contribution in [3.05, 3.63) is 78.4 Å². The zero-order chi connectivity index (χ0) is 24.7. The van der Waals surface area contributed by atoms with Gasteiger partial charge in [-0.05, 0) is 54.6 Å². The Balaban J connectivity index is 1.66. The maximum Gasteiger partial charge on any atom is 0.257 e. The van der Waals surface area contributed by atoms with Crippen molar-refractivity contribution in [1.29, 1.82) is 0 Å². The second-order valence-electron chi connectivity index (χ2n) is 8.44. The second-order valence-corrected chi connectivity index (χ2v) is 9.65. The normalized spacial score (nSPS) is 11.7. The number of hydrogen-bond acceptors (Lipinski definition) is 4. The predicted octanol–water partition coefficient (Wildman–Crippen LogP) is 4.63. The fraction of sp³-hybridized carbons (Fsp3) is 0.160. The Morgan fingerprint density at radius 3 is 2.18 bits per heavy atom. The summed E-state index contributed by atoms with van der Waals surface area (Å²) in [6, 6.07) is 20.2. The largest absolute Gasteiger partial charge is 0.328 e. The number of carbonyl (C=O) groups excluding carboxylic acids is 3. The van der Waals surface area contributed by atoms with Crippen molar-refractivity contribution in [2.75, 3.05) is 20.7 Å². The molecule has 0 aromatic heterocycles. The van der Waals surface area contributed by atoms with Crippen molar-refractivity contribution in [1.82, 2.24) is 0 Å². The van der Waals surface area contributed by atoms with Crippen molar-refractivity contribution < 1.29 is 18.6 Å². The van der Waals surface area contributed by atoms with E-state index in [1.807, 2.05) is 20.8 Å². The molecule has 0 radical (unpaired) electrons. The maximum absolute atomic E-state index is 12.8. The van der Waals surface area contributed by atoms with E-state index in [2.05, 4.69) is 20.7 Å². The van der Waals surface area contributed by atoms with Gasteiger partial charge < -0.3 is 20.7 Å². The summed E-state index contributed by atoms with van der Waals surface area (Å²) in [4.78, 5) is 36.0. The number of hydrogen-bond donors (Lipinski definition) is 4. The Hall–Kier alpha value is -3.98. The third kappa shape index (κ3) is 6.52. The second kappa shape index (κ2) is 10.8. The molecule has 1 atom stereocenters. The Morgan fingerprint density at radius 1 is 0.824 bits per heavy atom. The molecule has 3 aromatic rings. The first-order valence-corrected chi connectivity index (χ1v) is 11.6. The van der Waals surface area contributed by atoms with Gasteiger partial charge in [0.15, 0.2) is 0 Å². The molecule has 3 aromatic carbocycles. The van der Waals surface area contributed by atoms with Crippen LogP contribution >= 0.6 is 0 Å². The third-order valence-electron chi connectivity index (χ3n) is 4.73. The molecule has 8 nitrogen and oxygen atoms in total. The van der Waals surface area contributed by atoms with Crippen LogP contribution in [0.5, 0.6) is 0 Å². The first-order chi connectivity index (χ1) is 16.2. The Kier molecular flexibility index (Phi) is 7.80. The predicted molar refractivity (Wildman–Crippen MR) is 135 cm³/mol. The summed E-state index contributed by atoms with van der Waals surface area (Å²) in [7, 11) is -1.59. The first kappa shape index (κ1) is 24.7. The van der Waals surface area contributed by atoms with Crippen LogP contribution in [0.25, 0.3) is 0 Å². The highest BCUT2D eigenvalue weighted by atomic mass is 32.2. The number of rotatable bonds is 8. The van der Waals surface area contributed by atoms with E-state index in [1.165, 1.54) is 0 Å². The Bertz CT molecular complexity index is 1220. The van der Waals surface area contributed by atoms with E-state index in [9.17, 15) is 18.6 Å². The molecule has 0 fully saturated rings. The van der Waals surface area contributed by atoms with Gasteiger partial charge in [0.25, 0.3) is 5.91 Å². The van der Waals surface area contributed by atoms with Gasteiger partial charge in [0.2, 0.25) is 12.3 Å². The van der Waals surface area contributed by atoms with Gasteiger partial charge in [-0.15, -0.1) is 0 Å². The van der Waals surface area contributed by atoms with Gasteiger partial charge in [-0.1, -0.05) is 39.0 Å². The lowest BCUT2D eigenvalue weighted by Crippen LogP contribution is -2.27. The highest BCUT2D eigenvalue weighted by Gasteiger charge is 2.21. The van der Waals surface area contributed by atoms with Crippen molar-refractivity contribution >= 4 is 52.0 Å². The fourth-order valence-corrected chi connectivity index (χ4v) is 3.77. The van der Waals surface area contributed by atoms with Crippen LogP contribution in [-0.4, -0.2) is 22.4 Å². The molecule has 176 valence electrons. The zero-order valence-electron chi connectivity index (χ0n) is 19.0. The number of anilines is 4. The van der Waals surface area contributed by atoms with Crippen LogP contribution in [0, 0.1) is 5.41 Å². The topological polar surface area (TPSA) is 116 Å². The number of para-hydroxylation sites is 1. The van der Waals surface area contributed by atoms with E-state index < -0.39 is 22.3 Å². The van der Waals surface area contributed by atoms with Crippen molar-refractivity contribution in [2.24, 2.45) is 5.41 Å². The molecular weight excluding hydrogens is 452 g/mol. The average Bonchev–Trinajstić information content (AvgIpc) is 2.80. The van der Waals surface area contributed by atoms with Gasteiger partial charge in [-0.25, -0.2) is 4.21 Å². The Morgan fingerprint density at radius 2 is 1.50 bits per heavy atom. The fourth-order valence-electron chi connectivity index (χ4n) is 2.86. The average molecular weight is 479 g/mol. The van der Waals surface area contributed by atoms with Crippen LogP contribution in [-0.2, 0) is 20.6 Å². The highest BCUT2D eigenvalue weighted by Crippen LogP contribution is 2.22. The summed E-state index contributed by atoms with van der Waals surface area (Å²) in [5.74, 6) is -0.506. The van der Waals surface area contributed by atoms with Gasteiger partial charge >= 0.3 is 0 Å². The van der Waals surface area contributed by atoms with Crippen LogP contribution < -0.4 is 20.7 Å². The maximum atomic E-state index is 12.8. The number of carbonyl (C=O) groups is 3. The number of benzene rings is 3.